The number of nitrogens with zero attached hydrogens (tertiary/aromatic N) is 4. The van der Waals surface area contributed by atoms with Crippen LogP contribution in [0.1, 0.15) is 38.4 Å². The van der Waals surface area contributed by atoms with Gasteiger partial charge in [0.05, 0.1) is 12.5 Å². The fraction of sp³-hybridized carbons (Fsp3) is 0.421. The molecule has 2 aromatic rings. The van der Waals surface area contributed by atoms with E-state index in [2.05, 4.69) is 25.8 Å². The van der Waals surface area contributed by atoms with E-state index in [-0.39, 0.29) is 24.3 Å². The van der Waals surface area contributed by atoms with Crippen molar-refractivity contribution in [3.63, 3.8) is 0 Å². The average Bonchev–Trinajstić information content (AvgIpc) is 2.76. The van der Waals surface area contributed by atoms with E-state index < -0.39 is 23.8 Å². The van der Waals surface area contributed by atoms with Gasteiger partial charge >= 0.3 is 6.18 Å². The summed E-state index contributed by atoms with van der Waals surface area (Å²) in [5.41, 5.74) is 5.38. The molecule has 2 aromatic heterocycles. The third kappa shape index (κ3) is 7.17. The largest absolute Gasteiger partial charge is 0.451 e. The van der Waals surface area contributed by atoms with Gasteiger partial charge in [-0.2, -0.15) is 13.2 Å². The van der Waals surface area contributed by atoms with Crippen LogP contribution in [0.4, 0.5) is 19.0 Å². The summed E-state index contributed by atoms with van der Waals surface area (Å²) in [6, 6.07) is 3.20. The summed E-state index contributed by atoms with van der Waals surface area (Å²) in [6.07, 6.45) is 2.09. The lowest BCUT2D eigenvalue weighted by atomic mass is 10.0. The van der Waals surface area contributed by atoms with Crippen LogP contribution in [0, 0.1) is 5.92 Å². The number of amides is 2. The summed E-state index contributed by atoms with van der Waals surface area (Å²) < 4.78 is 39.2. The molecule has 9 nitrogen and oxygen atoms in total. The van der Waals surface area contributed by atoms with Crippen molar-refractivity contribution in [2.45, 2.75) is 38.8 Å². The van der Waals surface area contributed by atoms with Crippen LogP contribution in [0.15, 0.2) is 30.7 Å². The molecule has 0 fully saturated rings. The molecule has 0 radical (unpaired) electrons. The number of carbonyl (C=O) groups excluding carboxylic acids is 2. The molecule has 2 heterocycles. The van der Waals surface area contributed by atoms with Gasteiger partial charge < -0.3 is 0 Å². The summed E-state index contributed by atoms with van der Waals surface area (Å²) in [5, 5.41) is 9.80. The molecule has 12 heteroatoms. The Morgan fingerprint density at radius 2 is 2.10 bits per heavy atom. The van der Waals surface area contributed by atoms with Crippen LogP contribution in [-0.2, 0) is 15.8 Å². The Balaban J connectivity index is 2.23. The maximum atomic E-state index is 13.1. The highest BCUT2D eigenvalue weighted by Crippen LogP contribution is 2.31. The van der Waals surface area contributed by atoms with Gasteiger partial charge in [0.1, 0.15) is 0 Å². The molecular weight excluding hydrogens is 417 g/mol. The van der Waals surface area contributed by atoms with Crippen molar-refractivity contribution in [1.29, 1.82) is 0 Å². The van der Waals surface area contributed by atoms with Gasteiger partial charge in [0, 0.05) is 29.7 Å². The minimum absolute atomic E-state index is 0.175. The van der Waals surface area contributed by atoms with E-state index in [9.17, 15) is 28.0 Å². The first kappa shape index (κ1) is 24.0. The van der Waals surface area contributed by atoms with Gasteiger partial charge in [0.15, 0.2) is 5.82 Å². The molecule has 3 N–H and O–H groups in total. The van der Waals surface area contributed by atoms with E-state index in [1.165, 1.54) is 12.4 Å². The zero-order chi connectivity index (χ0) is 22.9. The summed E-state index contributed by atoms with van der Waals surface area (Å²) >= 11 is 0. The first-order chi connectivity index (χ1) is 14.8. The Labute approximate surface area is 176 Å². The third-order valence-electron chi connectivity index (χ3n) is 4.37. The molecule has 0 saturated carbocycles. The van der Waals surface area contributed by atoms with Crippen LogP contribution in [0.25, 0.3) is 11.1 Å². The Kier molecular flexibility index (Phi) is 8.67. The molecule has 2 rings (SSSR count). The van der Waals surface area contributed by atoms with Crippen molar-refractivity contribution < 1.29 is 28.0 Å². The number of hydrogen-bond donors (Lipinski definition) is 3. The number of pyridine rings is 1. The zero-order valence-corrected chi connectivity index (χ0v) is 16.8. The Morgan fingerprint density at radius 1 is 1.32 bits per heavy atom. The number of nitrogens with one attached hydrogen (secondary N) is 2. The number of anilines is 1. The van der Waals surface area contributed by atoms with E-state index >= 15 is 0 Å². The SMILES string of the molecule is CCCCC[C@H](CN(O)C=O)C(=O)NNc1nc(C(F)(F)F)ncc1-c1cccnc1. The second kappa shape index (κ2) is 11.2. The van der Waals surface area contributed by atoms with Crippen molar-refractivity contribution in [2.75, 3.05) is 12.0 Å². The number of halogens is 3. The molecule has 0 saturated heterocycles. The first-order valence-electron chi connectivity index (χ1n) is 9.57. The van der Waals surface area contributed by atoms with Crippen LogP contribution >= 0.6 is 0 Å². The average molecular weight is 440 g/mol. The van der Waals surface area contributed by atoms with E-state index in [0.717, 1.165) is 19.0 Å². The lowest BCUT2D eigenvalue weighted by Crippen LogP contribution is -2.40. The van der Waals surface area contributed by atoms with Gasteiger partial charge in [-0.3, -0.25) is 30.6 Å². The normalized spacial score (nSPS) is 12.2. The number of hydroxylamine groups is 2. The quantitative estimate of drug-likeness (QED) is 0.213. The van der Waals surface area contributed by atoms with Crippen LogP contribution in [0.2, 0.25) is 0 Å². The van der Waals surface area contributed by atoms with Gasteiger partial charge in [-0.25, -0.2) is 15.0 Å². The van der Waals surface area contributed by atoms with Gasteiger partial charge in [0.25, 0.3) is 0 Å². The summed E-state index contributed by atoms with van der Waals surface area (Å²) in [5.74, 6) is -3.03. The van der Waals surface area contributed by atoms with Gasteiger partial charge in [-0.05, 0) is 12.5 Å². The number of carbonyl (C=O) groups is 2. The summed E-state index contributed by atoms with van der Waals surface area (Å²) in [4.78, 5) is 34.1. The van der Waals surface area contributed by atoms with Crippen LogP contribution in [-0.4, -0.2) is 44.1 Å². The summed E-state index contributed by atoms with van der Waals surface area (Å²) in [6.45, 7) is 1.72. The van der Waals surface area contributed by atoms with E-state index in [0.29, 0.717) is 23.5 Å². The van der Waals surface area contributed by atoms with Gasteiger partial charge in [0.2, 0.25) is 18.1 Å². The molecule has 1 atom stereocenters. The van der Waals surface area contributed by atoms with Crippen LogP contribution in [0.3, 0.4) is 0 Å². The smallest absolute Gasteiger partial charge is 0.286 e. The van der Waals surface area contributed by atoms with Crippen LogP contribution in [0.5, 0.6) is 0 Å². The highest BCUT2D eigenvalue weighted by atomic mass is 19.4. The van der Waals surface area contributed by atoms with E-state index in [1.54, 1.807) is 12.1 Å². The molecule has 0 aliphatic rings. The second-order valence-corrected chi connectivity index (χ2v) is 6.73. The molecule has 2 amide bonds. The van der Waals surface area contributed by atoms with Gasteiger partial charge in [-0.15, -0.1) is 0 Å². The Hall–Kier alpha value is -3.28. The second-order valence-electron chi connectivity index (χ2n) is 6.73. The molecule has 0 aliphatic heterocycles. The molecular formula is C19H23F3N6O3. The van der Waals surface area contributed by atoms with Gasteiger partial charge in [-0.1, -0.05) is 32.3 Å². The van der Waals surface area contributed by atoms with Crippen molar-refractivity contribution in [3.05, 3.63) is 36.5 Å². The first-order valence-corrected chi connectivity index (χ1v) is 9.57. The highest BCUT2D eigenvalue weighted by molar-refractivity contribution is 5.82. The Bertz CT molecular complexity index is 867. The van der Waals surface area contributed by atoms with E-state index in [1.807, 2.05) is 6.92 Å². The number of aromatic nitrogens is 3. The minimum atomic E-state index is -4.78. The topological polar surface area (TPSA) is 120 Å². The Morgan fingerprint density at radius 3 is 2.71 bits per heavy atom. The summed E-state index contributed by atoms with van der Waals surface area (Å²) in [7, 11) is 0. The third-order valence-corrected chi connectivity index (χ3v) is 4.37. The number of alkyl halides is 3. The monoisotopic (exact) mass is 440 g/mol. The molecule has 0 aliphatic carbocycles. The molecule has 31 heavy (non-hydrogen) atoms. The fourth-order valence-electron chi connectivity index (χ4n) is 2.78. The zero-order valence-electron chi connectivity index (χ0n) is 16.8. The maximum Gasteiger partial charge on any atom is 0.451 e. The predicted octanol–water partition coefficient (Wildman–Crippen LogP) is 3.04. The molecule has 168 valence electrons. The number of unbranched alkanes of at least 4 members (excludes halogenated alkanes) is 2. The fourth-order valence-corrected chi connectivity index (χ4v) is 2.78. The molecule has 0 unspecified atom stereocenters. The van der Waals surface area contributed by atoms with Crippen molar-refractivity contribution in [1.82, 2.24) is 25.4 Å². The van der Waals surface area contributed by atoms with Crippen LogP contribution < -0.4 is 10.9 Å². The maximum absolute atomic E-state index is 13.1. The molecule has 0 spiro atoms. The molecule has 0 bridgehead atoms. The minimum Gasteiger partial charge on any atom is -0.286 e. The standard InChI is InChI=1S/C19H23F3N6O3/c1-2-3-4-6-14(11-28(31)12-29)17(30)27-26-16-15(13-7-5-8-23-9-13)10-24-18(25-16)19(20,21)22/h5,7-10,12,14,31H,2-4,6,11H2,1H3,(H,27,30)(H,24,25,26)/t14-/m1/s1. The van der Waals surface area contributed by atoms with E-state index in [4.69, 9.17) is 0 Å². The van der Waals surface area contributed by atoms with Crippen molar-refractivity contribution >= 4 is 18.1 Å². The lowest BCUT2D eigenvalue weighted by molar-refractivity contribution is -0.154. The number of rotatable bonds is 11. The predicted molar refractivity (Wildman–Crippen MR) is 104 cm³/mol. The number of hydrogen-bond acceptors (Lipinski definition) is 7. The number of hydrazine groups is 1. The highest BCUT2D eigenvalue weighted by Gasteiger charge is 2.35. The van der Waals surface area contributed by atoms with Crippen molar-refractivity contribution in [3.8, 4) is 11.1 Å². The van der Waals surface area contributed by atoms with Crippen molar-refractivity contribution in [2.24, 2.45) is 5.92 Å². The molecule has 0 aromatic carbocycles. The lowest BCUT2D eigenvalue weighted by Gasteiger charge is -2.20.